The van der Waals surface area contributed by atoms with Crippen LogP contribution in [0.1, 0.15) is 94.5 Å². The van der Waals surface area contributed by atoms with Crippen LogP contribution in [0.2, 0.25) is 0 Å². The molecule has 4 heterocycles. The first-order valence-electron chi connectivity index (χ1n) is 24.9. The molecule has 0 radical (unpaired) electrons. The minimum absolute atomic E-state index is 0.00732. The molecule has 24 heteroatoms. The van der Waals surface area contributed by atoms with Crippen molar-refractivity contribution in [1.82, 2.24) is 36.1 Å². The Morgan fingerprint density at radius 2 is 1.53 bits per heavy atom. The van der Waals surface area contributed by atoms with Crippen LogP contribution >= 0.6 is 0 Å². The van der Waals surface area contributed by atoms with E-state index in [1.807, 2.05) is 37.3 Å². The highest BCUT2D eigenvalue weighted by Gasteiger charge is 2.51. The Bertz CT molecular complexity index is 3330. The van der Waals surface area contributed by atoms with Crippen molar-refractivity contribution in [3.8, 4) is 11.4 Å². The number of pyridine rings is 2. The fraction of sp³-hybridized carbons (Fsp3) is 0.358. The Balaban J connectivity index is 0.875. The van der Waals surface area contributed by atoms with E-state index in [0.717, 1.165) is 10.9 Å². The maximum Gasteiger partial charge on any atom is 0.355 e. The number of fused-ring (bicyclic) bond motifs is 5. The van der Waals surface area contributed by atoms with Gasteiger partial charge >= 0.3 is 23.9 Å². The second-order valence-electron chi connectivity index (χ2n) is 18.7. The van der Waals surface area contributed by atoms with Gasteiger partial charge in [-0.2, -0.15) is 0 Å². The fourth-order valence-electron chi connectivity index (χ4n) is 8.84. The van der Waals surface area contributed by atoms with Gasteiger partial charge in [-0.3, -0.25) is 33.5 Å². The van der Waals surface area contributed by atoms with Crippen LogP contribution in [0.5, 0.6) is 0 Å². The first kappa shape index (κ1) is 56.1. The number of benzene rings is 3. The molecular formula is C53H59N9O14S. The first-order valence-corrected chi connectivity index (χ1v) is 26.4. The number of ether oxygens (including phenoxy) is 2. The van der Waals surface area contributed by atoms with E-state index in [1.165, 1.54) is 48.5 Å². The van der Waals surface area contributed by atoms with Crippen LogP contribution in [0, 0.1) is 5.92 Å². The van der Waals surface area contributed by atoms with E-state index in [0.29, 0.717) is 29.9 Å². The Hall–Kier alpha value is -8.67. The molecule has 3 aromatic carbocycles. The zero-order valence-electron chi connectivity index (χ0n) is 42.7. The van der Waals surface area contributed by atoms with Crippen molar-refractivity contribution >= 4 is 79.9 Å². The molecule has 3 atom stereocenters. The number of aromatic nitrogens is 2. The number of cyclic esters (lactones) is 1. The van der Waals surface area contributed by atoms with E-state index in [1.54, 1.807) is 31.4 Å². The van der Waals surface area contributed by atoms with E-state index in [2.05, 4.69) is 36.6 Å². The Labute approximate surface area is 442 Å². The predicted molar refractivity (Wildman–Crippen MR) is 279 cm³/mol. The number of urea groups is 1. The molecule has 6 amide bonds. The van der Waals surface area contributed by atoms with E-state index in [4.69, 9.17) is 14.5 Å². The summed E-state index contributed by atoms with van der Waals surface area (Å²) in [7, 11) is -4.19. The van der Waals surface area contributed by atoms with Gasteiger partial charge in [0.05, 0.1) is 59.5 Å². The molecular weight excluding hydrogens is 1020 g/mol. The van der Waals surface area contributed by atoms with Crippen LogP contribution in [0.4, 0.5) is 16.2 Å². The molecule has 2 aliphatic heterocycles. The number of carboxylic acids is 1. The SMILES string of the molecule is CCCNC(=O)Nc1cccc(S(=O)(=O)Nc2cccc(C(CC(=O)O)NC(=O)CCCC(=O)NCC(=O)NCC(=O)N[C@H](C(=O)O[C@]3(CC)C(=O)OCc4c3cc3n(c4=O)Cc4cc5ccccc5nc4-3)C(C)C)c2)c1. The van der Waals surface area contributed by atoms with Gasteiger partial charge < -0.3 is 51.0 Å². The lowest BCUT2D eigenvalue weighted by atomic mass is 9.85. The van der Waals surface area contributed by atoms with Crippen molar-refractivity contribution in [2.45, 2.75) is 102 Å². The van der Waals surface area contributed by atoms with Crippen LogP contribution in [0.25, 0.3) is 22.3 Å². The van der Waals surface area contributed by atoms with Gasteiger partial charge in [-0.1, -0.05) is 64.1 Å². The van der Waals surface area contributed by atoms with Gasteiger partial charge in [-0.05, 0) is 79.3 Å². The molecule has 77 heavy (non-hydrogen) atoms. The maximum absolute atomic E-state index is 14.0. The normalized spacial score (nSPS) is 15.1. The van der Waals surface area contributed by atoms with Crippen LogP contribution in [0.3, 0.4) is 0 Å². The molecule has 0 saturated heterocycles. The van der Waals surface area contributed by atoms with Crippen molar-refractivity contribution in [2.75, 3.05) is 29.7 Å². The lowest BCUT2D eigenvalue weighted by Gasteiger charge is -2.37. The lowest BCUT2D eigenvalue weighted by molar-refractivity contribution is -0.191. The smallest absolute Gasteiger partial charge is 0.355 e. The standard InChI is InChI=1S/C53H59N9O14S/c1-5-20-54-52(72)57-34-14-10-16-36(23-34)77(73,74)61-35-15-9-13-32(22-35)40(25-46(67)68)58-43(64)19-11-18-42(63)55-26-44(65)56-27-45(66)60-47(30(3)4)50(70)76-53(6-2)38-24-41-48-33(21-31-12-7-8-17-39(31)59-48)28-62(41)49(69)37(38)29-75-51(53)71/h7-10,12-17,21-24,30,40,47,61H,5-6,11,18-20,25-29H2,1-4H3,(H,55,63)(H,56,65)(H,58,64)(H,60,66)(H,67,68)(H2,54,57,72)/t40?,47-,53-/m0/s1. The third-order valence-corrected chi connectivity index (χ3v) is 14.2. The van der Waals surface area contributed by atoms with Gasteiger partial charge in [0.2, 0.25) is 29.2 Å². The number of para-hydroxylation sites is 1. The summed E-state index contributed by atoms with van der Waals surface area (Å²) in [5.74, 6) is -6.50. The van der Waals surface area contributed by atoms with E-state index in [9.17, 15) is 56.7 Å². The number of anilines is 2. The third-order valence-electron chi connectivity index (χ3n) is 12.8. The quantitative estimate of drug-likeness (QED) is 0.0423. The number of carboxylic acid groups (broad SMARTS) is 1. The fourth-order valence-corrected chi connectivity index (χ4v) is 9.93. The van der Waals surface area contributed by atoms with Crippen molar-refractivity contribution in [1.29, 1.82) is 0 Å². The maximum atomic E-state index is 14.0. The highest BCUT2D eigenvalue weighted by atomic mass is 32.2. The molecule has 0 aliphatic carbocycles. The second-order valence-corrected chi connectivity index (χ2v) is 20.4. The summed E-state index contributed by atoms with van der Waals surface area (Å²) in [5.41, 5.74) is 0.913. The number of amides is 6. The van der Waals surface area contributed by atoms with E-state index >= 15 is 0 Å². The number of esters is 2. The van der Waals surface area contributed by atoms with Crippen LogP contribution in [-0.4, -0.2) is 96.3 Å². The monoisotopic (exact) mass is 1080 g/mol. The lowest BCUT2D eigenvalue weighted by Crippen LogP contribution is -2.53. The largest absolute Gasteiger partial charge is 0.481 e. The van der Waals surface area contributed by atoms with Crippen LogP contribution in [0.15, 0.2) is 94.6 Å². The van der Waals surface area contributed by atoms with Gasteiger partial charge in [0.15, 0.2) is 0 Å². The minimum atomic E-state index is -4.19. The molecule has 0 spiro atoms. The van der Waals surface area contributed by atoms with Crippen LogP contribution in [-0.2, 0) is 71.8 Å². The number of carbonyl (C=O) groups excluding carboxylic acids is 7. The Morgan fingerprint density at radius 1 is 0.818 bits per heavy atom. The highest BCUT2D eigenvalue weighted by molar-refractivity contribution is 7.92. The Morgan fingerprint density at radius 3 is 2.27 bits per heavy atom. The summed E-state index contributed by atoms with van der Waals surface area (Å²) >= 11 is 0. The minimum Gasteiger partial charge on any atom is -0.481 e. The Kier molecular flexibility index (Phi) is 17.7. The summed E-state index contributed by atoms with van der Waals surface area (Å²) in [6.45, 7) is 5.91. The molecule has 23 nitrogen and oxygen atoms in total. The van der Waals surface area contributed by atoms with E-state index < -0.39 is 106 Å². The number of nitrogens with one attached hydrogen (secondary N) is 7. The summed E-state index contributed by atoms with van der Waals surface area (Å²) in [5, 5.41) is 25.6. The van der Waals surface area contributed by atoms with Gasteiger partial charge in [0.1, 0.15) is 12.6 Å². The second kappa shape index (κ2) is 24.3. The zero-order chi connectivity index (χ0) is 55.6. The molecule has 5 aromatic rings. The summed E-state index contributed by atoms with van der Waals surface area (Å²) in [4.78, 5) is 122. The van der Waals surface area contributed by atoms with Gasteiger partial charge in [-0.15, -0.1) is 0 Å². The number of carbonyl (C=O) groups is 8. The molecule has 0 bridgehead atoms. The molecule has 7 rings (SSSR count). The van der Waals surface area contributed by atoms with Crippen molar-refractivity contribution < 1.29 is 61.4 Å². The average molecular weight is 1080 g/mol. The number of aliphatic carboxylic acids is 1. The van der Waals surface area contributed by atoms with Crippen molar-refractivity contribution in [3.05, 3.63) is 118 Å². The first-order chi connectivity index (χ1) is 36.7. The number of hydrogen-bond acceptors (Lipinski definition) is 14. The third kappa shape index (κ3) is 13.4. The topological polar surface area (TPSA) is 328 Å². The van der Waals surface area contributed by atoms with Crippen molar-refractivity contribution in [2.24, 2.45) is 5.92 Å². The predicted octanol–water partition coefficient (Wildman–Crippen LogP) is 3.84. The summed E-state index contributed by atoms with van der Waals surface area (Å²) < 4.78 is 42.0. The number of hydrogen-bond donors (Lipinski definition) is 8. The number of nitrogens with zero attached hydrogens (tertiary/aromatic N) is 2. The molecule has 0 saturated carbocycles. The van der Waals surface area contributed by atoms with E-state index in [-0.39, 0.29) is 71.8 Å². The van der Waals surface area contributed by atoms with Gasteiger partial charge in [0.25, 0.3) is 15.6 Å². The van der Waals surface area contributed by atoms with Crippen LogP contribution < -0.4 is 42.2 Å². The molecule has 1 unspecified atom stereocenters. The molecule has 2 aliphatic rings. The molecule has 0 fully saturated rings. The number of sulfonamides is 1. The van der Waals surface area contributed by atoms with Gasteiger partial charge in [0, 0.05) is 47.3 Å². The van der Waals surface area contributed by atoms with Gasteiger partial charge in [-0.25, -0.2) is 27.8 Å². The zero-order valence-corrected chi connectivity index (χ0v) is 43.5. The molecule has 406 valence electrons. The molecule has 2 aromatic heterocycles. The average Bonchev–Trinajstić information content (AvgIpc) is 3.78. The highest BCUT2D eigenvalue weighted by Crippen LogP contribution is 2.41. The van der Waals surface area contributed by atoms with Crippen molar-refractivity contribution in [3.63, 3.8) is 0 Å². The number of rotatable bonds is 23. The molecule has 8 N–H and O–H groups in total. The summed E-state index contributed by atoms with van der Waals surface area (Å²) in [6, 6.07) is 19.5. The summed E-state index contributed by atoms with van der Waals surface area (Å²) in [6.07, 6.45) is -0.412.